The highest BCUT2D eigenvalue weighted by molar-refractivity contribution is 6.22. The van der Waals surface area contributed by atoms with Crippen LogP contribution in [0.3, 0.4) is 0 Å². The third kappa shape index (κ3) is 2.75. The highest BCUT2D eigenvalue weighted by Crippen LogP contribution is 2.28. The molecule has 0 aromatic heterocycles. The topological polar surface area (TPSA) is 110 Å². The van der Waals surface area contributed by atoms with Crippen molar-refractivity contribution in [2.45, 2.75) is 11.7 Å². The molecule has 2 unspecified atom stereocenters. The maximum atomic E-state index is 12.3. The molecule has 0 aliphatic rings. The smallest absolute Gasteiger partial charge is 0.349 e. The summed E-state index contributed by atoms with van der Waals surface area (Å²) in [6.45, 7) is 0. The molecule has 1 aromatic rings. The van der Waals surface area contributed by atoms with E-state index in [9.17, 15) is 19.5 Å². The fourth-order valence-corrected chi connectivity index (χ4v) is 1.93. The van der Waals surface area contributed by atoms with Crippen molar-refractivity contribution in [2.75, 3.05) is 0 Å². The van der Waals surface area contributed by atoms with Gasteiger partial charge in [0.2, 0.25) is 11.9 Å². The second-order valence-corrected chi connectivity index (χ2v) is 3.95. The molecule has 0 bridgehead atoms. The van der Waals surface area contributed by atoms with Gasteiger partial charge in [-0.25, -0.2) is 13.9 Å². The summed E-state index contributed by atoms with van der Waals surface area (Å²) in [5.74, 6) is -4.99. The van der Waals surface area contributed by atoms with E-state index in [-0.39, 0.29) is 5.56 Å². The van der Waals surface area contributed by atoms with Crippen LogP contribution in [0.2, 0.25) is 0 Å². The fourth-order valence-electron chi connectivity index (χ4n) is 1.52. The second-order valence-electron chi connectivity index (χ2n) is 3.62. The van der Waals surface area contributed by atoms with Gasteiger partial charge in [-0.2, -0.15) is 0 Å². The molecule has 20 heavy (non-hydrogen) atoms. The highest BCUT2D eigenvalue weighted by Gasteiger charge is 2.59. The van der Waals surface area contributed by atoms with E-state index in [1.165, 1.54) is 24.3 Å². The van der Waals surface area contributed by atoms with Gasteiger partial charge in [-0.05, 0) is 0 Å². The van der Waals surface area contributed by atoms with Crippen LogP contribution in [-0.4, -0.2) is 39.6 Å². The molecule has 0 heterocycles. The van der Waals surface area contributed by atoms with Crippen molar-refractivity contribution >= 4 is 41.5 Å². The van der Waals surface area contributed by atoms with Gasteiger partial charge in [-0.15, -0.1) is 0 Å². The molecule has 2 N–H and O–H groups in total. The molecule has 0 spiro atoms. The van der Waals surface area contributed by atoms with Crippen molar-refractivity contribution in [1.29, 1.82) is 0 Å². The fraction of sp³-hybridized carbons (Fsp3) is 0.182. The number of aliphatic carboxylic acids is 2. The van der Waals surface area contributed by atoms with Crippen LogP contribution in [-0.2, 0) is 18.2 Å². The number of carbonyl (C=O) groups excluding carboxylic acids is 1. The summed E-state index contributed by atoms with van der Waals surface area (Å²) in [6, 6.07) is 7.01. The molecule has 0 aliphatic heterocycles. The molecular formula is C11H8Cl2O7. The van der Waals surface area contributed by atoms with Crippen LogP contribution in [0.15, 0.2) is 30.3 Å². The second kappa shape index (κ2) is 6.67. The van der Waals surface area contributed by atoms with E-state index < -0.39 is 29.4 Å². The molecule has 2 atom stereocenters. The average Bonchev–Trinajstić information content (AvgIpc) is 2.44. The summed E-state index contributed by atoms with van der Waals surface area (Å²) in [5.41, 5.74) is -3.15. The van der Waals surface area contributed by atoms with Crippen molar-refractivity contribution in [1.82, 2.24) is 0 Å². The number of carboxylic acids is 2. The van der Waals surface area contributed by atoms with Gasteiger partial charge in [-0.1, -0.05) is 30.3 Å². The van der Waals surface area contributed by atoms with E-state index in [1.54, 1.807) is 6.07 Å². The minimum atomic E-state index is -3.02. The summed E-state index contributed by atoms with van der Waals surface area (Å²) < 4.78 is 8.20. The van der Waals surface area contributed by atoms with Gasteiger partial charge in [0.05, 0.1) is 23.7 Å². The van der Waals surface area contributed by atoms with Crippen LogP contribution < -0.4 is 0 Å². The lowest BCUT2D eigenvalue weighted by Gasteiger charge is -2.27. The number of Topliss-reactive ketones (excluding diaryl/α,β-unsaturated/α-hetero) is 1. The quantitative estimate of drug-likeness (QED) is 0.578. The highest BCUT2D eigenvalue weighted by atomic mass is 35.5. The van der Waals surface area contributed by atoms with Crippen molar-refractivity contribution in [3.63, 3.8) is 0 Å². The van der Waals surface area contributed by atoms with Crippen LogP contribution in [0.5, 0.6) is 0 Å². The Kier molecular flexibility index (Phi) is 5.46. The van der Waals surface area contributed by atoms with Crippen molar-refractivity contribution in [3.8, 4) is 0 Å². The van der Waals surface area contributed by atoms with Crippen LogP contribution in [0.25, 0.3) is 0 Å². The molecule has 0 saturated heterocycles. The summed E-state index contributed by atoms with van der Waals surface area (Å²) in [4.78, 5) is 34.6. The lowest BCUT2D eigenvalue weighted by atomic mass is 9.87. The minimum absolute atomic E-state index is 0.129. The van der Waals surface area contributed by atoms with E-state index in [0.29, 0.717) is 0 Å². The molecule has 0 saturated carbocycles. The molecular weight excluding hydrogens is 315 g/mol. The zero-order valence-electron chi connectivity index (χ0n) is 9.66. The average molecular weight is 323 g/mol. The first-order chi connectivity index (χ1) is 9.41. The third-order valence-electron chi connectivity index (χ3n) is 2.50. The maximum absolute atomic E-state index is 12.3. The van der Waals surface area contributed by atoms with Crippen LogP contribution >= 0.6 is 23.7 Å². The summed E-state index contributed by atoms with van der Waals surface area (Å²) in [6.07, 6.45) is -2.34. The number of hydrogen-bond acceptors (Lipinski definition) is 5. The van der Waals surface area contributed by atoms with Gasteiger partial charge in [0, 0.05) is 5.56 Å². The number of ketones is 1. The Morgan fingerprint density at radius 2 is 1.65 bits per heavy atom. The Morgan fingerprint density at radius 3 is 2.00 bits per heavy atom. The first-order valence-electron chi connectivity index (χ1n) is 5.05. The molecule has 1 rings (SSSR count). The Morgan fingerprint density at radius 1 is 1.10 bits per heavy atom. The number of rotatable bonds is 7. The predicted molar refractivity (Wildman–Crippen MR) is 66.4 cm³/mol. The monoisotopic (exact) mass is 322 g/mol. The van der Waals surface area contributed by atoms with E-state index in [2.05, 4.69) is 8.58 Å². The normalized spacial score (nSPS) is 15.1. The number of halogens is 2. The Hall–Kier alpha value is -1.67. The SMILES string of the molecule is O=C(O)C(OCl)C(OCl)(C(=O)O)C(=O)c1ccccc1. The largest absolute Gasteiger partial charge is 0.479 e. The molecule has 1 aromatic carbocycles. The van der Waals surface area contributed by atoms with Crippen LogP contribution in [0.1, 0.15) is 10.4 Å². The predicted octanol–water partition coefficient (Wildman–Crippen LogP) is 1.49. The first kappa shape index (κ1) is 16.4. The van der Waals surface area contributed by atoms with Gasteiger partial charge in [0.25, 0.3) is 5.60 Å². The van der Waals surface area contributed by atoms with Crippen molar-refractivity contribution < 1.29 is 33.2 Å². The van der Waals surface area contributed by atoms with E-state index in [4.69, 9.17) is 28.8 Å². The van der Waals surface area contributed by atoms with Gasteiger partial charge in [0.1, 0.15) is 0 Å². The molecule has 108 valence electrons. The summed E-state index contributed by atoms with van der Waals surface area (Å²) in [7, 11) is 0. The lowest BCUT2D eigenvalue weighted by Crippen LogP contribution is -2.59. The zero-order chi connectivity index (χ0) is 15.3. The minimum Gasteiger partial charge on any atom is -0.479 e. The first-order valence-corrected chi connectivity index (χ1v) is 5.66. The summed E-state index contributed by atoms with van der Waals surface area (Å²) >= 11 is 10.0. The molecule has 0 aliphatic carbocycles. The molecule has 0 amide bonds. The van der Waals surface area contributed by atoms with Gasteiger partial charge < -0.3 is 10.2 Å². The third-order valence-corrected chi connectivity index (χ3v) is 2.92. The molecule has 7 nitrogen and oxygen atoms in total. The maximum Gasteiger partial charge on any atom is 0.349 e. The number of carbonyl (C=O) groups is 3. The van der Waals surface area contributed by atoms with E-state index in [1.807, 2.05) is 0 Å². The van der Waals surface area contributed by atoms with E-state index >= 15 is 0 Å². The van der Waals surface area contributed by atoms with E-state index in [0.717, 1.165) is 0 Å². The Labute approximate surface area is 123 Å². The van der Waals surface area contributed by atoms with Gasteiger partial charge >= 0.3 is 11.9 Å². The Bertz CT molecular complexity index is 519. The number of carboxylic acid groups (broad SMARTS) is 2. The standard InChI is InChI=1S/C11H8Cl2O7/c12-19-8(9(15)16)11(20-13,10(17)18)7(14)6-4-2-1-3-5-6/h1-5,8H,(H,15,16)(H,17,18). The van der Waals surface area contributed by atoms with Crippen molar-refractivity contribution in [2.24, 2.45) is 0 Å². The number of hydrogen-bond donors (Lipinski definition) is 2. The van der Waals surface area contributed by atoms with Crippen LogP contribution in [0.4, 0.5) is 0 Å². The molecule has 0 radical (unpaired) electrons. The Balaban J connectivity index is 3.42. The molecule has 0 fully saturated rings. The molecule has 9 heteroatoms. The lowest BCUT2D eigenvalue weighted by molar-refractivity contribution is -0.169. The summed E-state index contributed by atoms with van der Waals surface area (Å²) in [5, 5.41) is 18.1. The van der Waals surface area contributed by atoms with Crippen molar-refractivity contribution in [3.05, 3.63) is 35.9 Å². The number of benzene rings is 1. The van der Waals surface area contributed by atoms with Gasteiger partial charge in [-0.3, -0.25) is 9.08 Å². The van der Waals surface area contributed by atoms with Gasteiger partial charge in [0.15, 0.2) is 0 Å². The van der Waals surface area contributed by atoms with Crippen LogP contribution in [0, 0.1) is 0 Å². The zero-order valence-corrected chi connectivity index (χ0v) is 11.2.